The van der Waals surface area contributed by atoms with Crippen LogP contribution in [0.15, 0.2) is 0 Å². The molecule has 0 amide bonds. The van der Waals surface area contributed by atoms with E-state index in [1.165, 1.54) is 0 Å². The lowest BCUT2D eigenvalue weighted by molar-refractivity contribution is -0.396. The van der Waals surface area contributed by atoms with Crippen molar-refractivity contribution in [2.45, 2.75) is 202 Å². The Bertz CT molecular complexity index is 1570. The zero-order chi connectivity index (χ0) is 44.9. The molecule has 9 aliphatic rings. The maximum atomic E-state index is 11.6. The molecule has 18 heteroatoms. The van der Waals surface area contributed by atoms with Gasteiger partial charge in [0.05, 0.1) is 38.6 Å². The Morgan fingerprint density at radius 2 is 1.14 bits per heavy atom. The predicted octanol–water partition coefficient (Wildman–Crippen LogP) is -0.734. The molecule has 27 atom stereocenters. The van der Waals surface area contributed by atoms with Gasteiger partial charge in [-0.1, -0.05) is 27.7 Å². The average Bonchev–Trinajstić information content (AvgIpc) is 3.72. The van der Waals surface area contributed by atoms with E-state index in [9.17, 15) is 51.1 Å². The van der Waals surface area contributed by atoms with E-state index in [-0.39, 0.29) is 23.0 Å². The molecule has 5 saturated heterocycles. The second-order valence-electron chi connectivity index (χ2n) is 21.5. The molecule has 5 aliphatic heterocycles. The first kappa shape index (κ1) is 47.4. The summed E-state index contributed by atoms with van der Waals surface area (Å²) < 4.78 is 50.2. The van der Waals surface area contributed by atoms with Gasteiger partial charge < -0.3 is 89.0 Å². The van der Waals surface area contributed by atoms with E-state index in [1.54, 1.807) is 0 Å². The van der Waals surface area contributed by atoms with E-state index >= 15 is 0 Å². The molecular formula is C45H74O18. The molecule has 63 heavy (non-hydrogen) atoms. The summed E-state index contributed by atoms with van der Waals surface area (Å²) in [5.41, 5.74) is 0.261. The summed E-state index contributed by atoms with van der Waals surface area (Å²) in [5, 5.41) is 106. The van der Waals surface area contributed by atoms with Crippen LogP contribution in [0.25, 0.3) is 0 Å². The van der Waals surface area contributed by atoms with Gasteiger partial charge in [-0.15, -0.1) is 0 Å². The highest BCUT2D eigenvalue weighted by Crippen LogP contribution is 2.71. The number of hydrogen-bond donors (Lipinski definition) is 10. The third-order valence-corrected chi connectivity index (χ3v) is 18.3. The molecular weight excluding hydrogens is 828 g/mol. The molecule has 9 fully saturated rings. The fourth-order valence-corrected chi connectivity index (χ4v) is 14.7. The quantitative estimate of drug-likeness (QED) is 0.128. The van der Waals surface area contributed by atoms with Crippen molar-refractivity contribution in [1.29, 1.82) is 0 Å². The van der Waals surface area contributed by atoms with E-state index in [0.29, 0.717) is 54.3 Å². The van der Waals surface area contributed by atoms with Crippen molar-refractivity contribution in [3.63, 3.8) is 0 Å². The summed E-state index contributed by atoms with van der Waals surface area (Å²) in [7, 11) is 0. The molecule has 18 nitrogen and oxygen atoms in total. The first-order valence-corrected chi connectivity index (χ1v) is 23.8. The van der Waals surface area contributed by atoms with Gasteiger partial charge >= 0.3 is 0 Å². The molecule has 0 bridgehead atoms. The predicted molar refractivity (Wildman–Crippen MR) is 216 cm³/mol. The topological polar surface area (TPSA) is 276 Å². The normalized spacial score (nSPS) is 58.2. The lowest BCUT2D eigenvalue weighted by atomic mass is 9.44. The van der Waals surface area contributed by atoms with Crippen molar-refractivity contribution in [1.82, 2.24) is 0 Å². The molecule has 2 unspecified atom stereocenters. The van der Waals surface area contributed by atoms with Gasteiger partial charge in [0.2, 0.25) is 0 Å². The summed E-state index contributed by atoms with van der Waals surface area (Å²) >= 11 is 0. The second kappa shape index (κ2) is 18.0. The fourth-order valence-electron chi connectivity index (χ4n) is 14.7. The fraction of sp³-hybridized carbons (Fsp3) is 1.00. The molecule has 10 N–H and O–H groups in total. The zero-order valence-corrected chi connectivity index (χ0v) is 37.0. The van der Waals surface area contributed by atoms with Crippen molar-refractivity contribution in [2.24, 2.45) is 52.3 Å². The Labute approximate surface area is 369 Å². The van der Waals surface area contributed by atoms with Crippen molar-refractivity contribution in [2.75, 3.05) is 26.4 Å². The largest absolute Gasteiger partial charge is 0.394 e. The first-order chi connectivity index (χ1) is 30.0. The van der Waals surface area contributed by atoms with E-state index in [0.717, 1.165) is 58.0 Å². The molecule has 0 aromatic heterocycles. The zero-order valence-electron chi connectivity index (χ0n) is 37.0. The number of hydrogen-bond acceptors (Lipinski definition) is 18. The Balaban J connectivity index is 0.925. The highest BCUT2D eigenvalue weighted by Gasteiger charge is 2.69. The van der Waals surface area contributed by atoms with Crippen molar-refractivity contribution >= 4 is 0 Å². The maximum absolute atomic E-state index is 11.6. The van der Waals surface area contributed by atoms with Crippen LogP contribution in [0.1, 0.15) is 91.9 Å². The number of ether oxygens (including phenoxy) is 8. The number of fused-ring (bicyclic) bond motifs is 7. The van der Waals surface area contributed by atoms with Crippen LogP contribution in [0.3, 0.4) is 0 Å². The molecule has 362 valence electrons. The highest BCUT2D eigenvalue weighted by atomic mass is 16.8. The van der Waals surface area contributed by atoms with Crippen LogP contribution in [-0.4, -0.2) is 188 Å². The SMILES string of the molecule is C[C@H]1CC[C@@]2(OC1)O[C@H]1C[C@H]3[C@@H]4CCC5CC(O[C@@H]6O[C@H](CO)[C@@H](O)[C@H](O[C@@H]7O[C@H](CO)[C@@H](O)[C@H](O)[C@H]7O)[C@H]6O[C@@H]6O[C@H](CO)[C@@H](O)[C@H](O)[C@H]6O)CC[C@]5(C)[C@H]4CC[C@]3(C)[C@H]1[C@@H]2C. The number of rotatable bonds is 9. The lowest BCUT2D eigenvalue weighted by Gasteiger charge is -2.61. The van der Waals surface area contributed by atoms with Gasteiger partial charge in [-0.05, 0) is 104 Å². The Morgan fingerprint density at radius 3 is 1.75 bits per heavy atom. The molecule has 9 rings (SSSR count). The van der Waals surface area contributed by atoms with Crippen molar-refractivity contribution in [3.8, 4) is 0 Å². The van der Waals surface area contributed by atoms with Crippen LogP contribution in [0, 0.1) is 52.3 Å². The summed E-state index contributed by atoms with van der Waals surface area (Å²) in [5.74, 6) is 2.99. The Morgan fingerprint density at radius 1 is 0.556 bits per heavy atom. The molecule has 1 spiro atoms. The highest BCUT2D eigenvalue weighted by molar-refractivity contribution is 5.15. The van der Waals surface area contributed by atoms with Gasteiger partial charge in [-0.3, -0.25) is 0 Å². The maximum Gasteiger partial charge on any atom is 0.187 e. The van der Waals surface area contributed by atoms with Crippen LogP contribution in [0.4, 0.5) is 0 Å². The minimum absolute atomic E-state index is 0.0658. The van der Waals surface area contributed by atoms with Gasteiger partial charge in [-0.2, -0.15) is 0 Å². The van der Waals surface area contributed by atoms with E-state index in [2.05, 4.69) is 27.7 Å². The van der Waals surface area contributed by atoms with E-state index < -0.39 is 118 Å². The molecule has 4 saturated carbocycles. The third-order valence-electron chi connectivity index (χ3n) is 18.3. The number of aliphatic hydroxyl groups is 10. The van der Waals surface area contributed by atoms with Crippen LogP contribution < -0.4 is 0 Å². The lowest BCUT2D eigenvalue weighted by Crippen LogP contribution is -2.67. The molecule has 5 heterocycles. The Hall–Kier alpha value is -0.720. The second-order valence-corrected chi connectivity index (χ2v) is 21.5. The summed E-state index contributed by atoms with van der Waals surface area (Å²) in [4.78, 5) is 0. The molecule has 0 radical (unpaired) electrons. The standard InChI is InChI=1S/C45H74O18/c1-19-7-12-45(56-18-19)20(2)30-26(63-45)14-25-23-6-5-21-13-22(8-10-43(21,3)24(23)9-11-44(25,30)4)57-42-39(62-41-37(55)35(53)32(50)28(16-47)59-41)38(33(51)29(17-48)60-42)61-40-36(54)34(52)31(49)27(15-46)58-40/h19-42,46-55H,5-18H2,1-4H3/t19-,20-,21?,22?,23+,24-,25-,26-,27+,28+,29+,30-,31+,32+,33+,34-,35-,36+,37+,38-,39+,40-,41-,42+,43-,44-,45+/m0/s1. The summed E-state index contributed by atoms with van der Waals surface area (Å²) in [6.07, 6.45) is -14.7. The van der Waals surface area contributed by atoms with Crippen LogP contribution in [-0.2, 0) is 37.9 Å². The molecule has 4 aliphatic carbocycles. The molecule has 0 aromatic carbocycles. The first-order valence-electron chi connectivity index (χ1n) is 23.8. The van der Waals surface area contributed by atoms with Crippen LogP contribution in [0.2, 0.25) is 0 Å². The average molecular weight is 903 g/mol. The summed E-state index contributed by atoms with van der Waals surface area (Å²) in [6.45, 7) is 8.21. The Kier molecular flexibility index (Phi) is 13.5. The van der Waals surface area contributed by atoms with Gasteiger partial charge in [0.1, 0.15) is 73.2 Å². The third kappa shape index (κ3) is 7.88. The van der Waals surface area contributed by atoms with Gasteiger partial charge in [0, 0.05) is 12.3 Å². The van der Waals surface area contributed by atoms with Gasteiger partial charge in [0.15, 0.2) is 24.7 Å². The molecule has 0 aromatic rings. The number of aliphatic hydroxyl groups excluding tert-OH is 10. The van der Waals surface area contributed by atoms with Crippen molar-refractivity contribution < 1.29 is 89.0 Å². The minimum Gasteiger partial charge on any atom is -0.394 e. The van der Waals surface area contributed by atoms with Crippen LogP contribution in [0.5, 0.6) is 0 Å². The van der Waals surface area contributed by atoms with E-state index in [1.807, 2.05) is 0 Å². The van der Waals surface area contributed by atoms with Gasteiger partial charge in [0.25, 0.3) is 0 Å². The van der Waals surface area contributed by atoms with Crippen molar-refractivity contribution in [3.05, 3.63) is 0 Å². The minimum atomic E-state index is -1.87. The van der Waals surface area contributed by atoms with Crippen LogP contribution >= 0.6 is 0 Å². The summed E-state index contributed by atoms with van der Waals surface area (Å²) in [6, 6.07) is 0. The van der Waals surface area contributed by atoms with Gasteiger partial charge in [-0.25, -0.2) is 0 Å². The van der Waals surface area contributed by atoms with E-state index in [4.69, 9.17) is 37.9 Å². The smallest absolute Gasteiger partial charge is 0.187 e. The monoisotopic (exact) mass is 902 g/mol.